The van der Waals surface area contributed by atoms with Crippen LogP contribution < -0.4 is 4.90 Å². The standard InChI is InChI=1S/C13H15N5S/c1-9-11(19-8-17-9)4-6-18(2)13-10-3-5-14-12(10)15-7-16-13/h3,5,7-8H,4,6H2,1-2H3,(H,14,15,16). The fraction of sp³-hybridized carbons (Fsp3) is 0.308. The van der Waals surface area contributed by atoms with Gasteiger partial charge in [-0.15, -0.1) is 11.3 Å². The van der Waals surface area contributed by atoms with Crippen molar-refractivity contribution in [3.8, 4) is 0 Å². The van der Waals surface area contributed by atoms with E-state index in [1.807, 2.05) is 17.8 Å². The number of anilines is 1. The Kier molecular flexibility index (Phi) is 3.16. The van der Waals surface area contributed by atoms with E-state index >= 15 is 0 Å². The average molecular weight is 273 g/mol. The fourth-order valence-electron chi connectivity index (χ4n) is 2.10. The van der Waals surface area contributed by atoms with E-state index in [0.29, 0.717) is 0 Å². The van der Waals surface area contributed by atoms with Crippen molar-refractivity contribution in [2.24, 2.45) is 0 Å². The Labute approximate surface area is 115 Å². The van der Waals surface area contributed by atoms with Gasteiger partial charge in [0.15, 0.2) is 0 Å². The van der Waals surface area contributed by atoms with Crippen LogP contribution >= 0.6 is 11.3 Å². The van der Waals surface area contributed by atoms with Crippen LogP contribution in [-0.4, -0.2) is 33.5 Å². The lowest BCUT2D eigenvalue weighted by Gasteiger charge is -2.18. The highest BCUT2D eigenvalue weighted by atomic mass is 32.1. The van der Waals surface area contributed by atoms with Gasteiger partial charge in [-0.05, 0) is 13.0 Å². The number of fused-ring (bicyclic) bond motifs is 1. The van der Waals surface area contributed by atoms with E-state index in [9.17, 15) is 0 Å². The Balaban J connectivity index is 1.79. The Morgan fingerprint density at radius 3 is 3.00 bits per heavy atom. The second-order valence-corrected chi connectivity index (χ2v) is 5.41. The minimum absolute atomic E-state index is 0.880. The molecule has 3 aromatic heterocycles. The Morgan fingerprint density at radius 1 is 1.32 bits per heavy atom. The fourth-order valence-corrected chi connectivity index (χ4v) is 2.87. The third-order valence-corrected chi connectivity index (χ3v) is 4.21. The molecule has 3 heterocycles. The van der Waals surface area contributed by atoms with Crippen LogP contribution in [0, 0.1) is 6.92 Å². The molecule has 0 aromatic carbocycles. The summed E-state index contributed by atoms with van der Waals surface area (Å²) in [6.45, 7) is 2.97. The number of H-pyrrole nitrogens is 1. The number of rotatable bonds is 4. The molecule has 0 aliphatic rings. The van der Waals surface area contributed by atoms with Crippen molar-refractivity contribution in [2.45, 2.75) is 13.3 Å². The van der Waals surface area contributed by atoms with Crippen molar-refractivity contribution in [3.63, 3.8) is 0 Å². The summed E-state index contributed by atoms with van der Waals surface area (Å²) in [5.41, 5.74) is 3.92. The van der Waals surface area contributed by atoms with Gasteiger partial charge in [0.25, 0.3) is 0 Å². The zero-order chi connectivity index (χ0) is 13.2. The Hall–Kier alpha value is -1.95. The maximum Gasteiger partial charge on any atom is 0.142 e. The molecule has 98 valence electrons. The van der Waals surface area contributed by atoms with Crippen molar-refractivity contribution in [2.75, 3.05) is 18.5 Å². The van der Waals surface area contributed by atoms with Gasteiger partial charge < -0.3 is 9.88 Å². The number of hydrogen-bond acceptors (Lipinski definition) is 5. The predicted octanol–water partition coefficient (Wildman–Crippen LogP) is 2.40. The molecule has 19 heavy (non-hydrogen) atoms. The first-order valence-electron chi connectivity index (χ1n) is 6.14. The molecule has 0 aliphatic heterocycles. The zero-order valence-corrected chi connectivity index (χ0v) is 11.7. The van der Waals surface area contributed by atoms with Gasteiger partial charge in [0.05, 0.1) is 16.6 Å². The van der Waals surface area contributed by atoms with E-state index in [-0.39, 0.29) is 0 Å². The van der Waals surface area contributed by atoms with Crippen LogP contribution in [-0.2, 0) is 6.42 Å². The predicted molar refractivity (Wildman–Crippen MR) is 77.7 cm³/mol. The summed E-state index contributed by atoms with van der Waals surface area (Å²) in [7, 11) is 2.06. The summed E-state index contributed by atoms with van der Waals surface area (Å²) in [4.78, 5) is 19.5. The summed E-state index contributed by atoms with van der Waals surface area (Å²) in [5.74, 6) is 0.966. The lowest BCUT2D eigenvalue weighted by atomic mass is 10.3. The van der Waals surface area contributed by atoms with E-state index in [1.54, 1.807) is 17.7 Å². The van der Waals surface area contributed by atoms with Gasteiger partial charge >= 0.3 is 0 Å². The van der Waals surface area contributed by atoms with Crippen LogP contribution in [0.25, 0.3) is 11.0 Å². The molecule has 0 radical (unpaired) electrons. The molecule has 5 nitrogen and oxygen atoms in total. The first-order chi connectivity index (χ1) is 9.25. The smallest absolute Gasteiger partial charge is 0.142 e. The summed E-state index contributed by atoms with van der Waals surface area (Å²) in [5, 5.41) is 1.06. The van der Waals surface area contributed by atoms with Gasteiger partial charge in [-0.25, -0.2) is 15.0 Å². The molecule has 0 spiro atoms. The molecule has 6 heteroatoms. The first kappa shape index (κ1) is 12.1. The second-order valence-electron chi connectivity index (χ2n) is 4.47. The topological polar surface area (TPSA) is 57.7 Å². The molecule has 3 aromatic rings. The van der Waals surface area contributed by atoms with E-state index in [4.69, 9.17) is 0 Å². The first-order valence-corrected chi connectivity index (χ1v) is 7.02. The zero-order valence-electron chi connectivity index (χ0n) is 10.9. The molecule has 0 unspecified atom stereocenters. The molecule has 3 rings (SSSR count). The SMILES string of the molecule is Cc1ncsc1CCN(C)c1ncnc2[nH]ccc12. The van der Waals surface area contributed by atoms with Crippen LogP contribution in [0.15, 0.2) is 24.1 Å². The van der Waals surface area contributed by atoms with E-state index in [2.05, 4.69) is 38.8 Å². The highest BCUT2D eigenvalue weighted by molar-refractivity contribution is 7.09. The molecular formula is C13H15N5S. The largest absolute Gasteiger partial charge is 0.359 e. The number of hydrogen-bond donors (Lipinski definition) is 1. The Morgan fingerprint density at radius 2 is 2.21 bits per heavy atom. The molecular weight excluding hydrogens is 258 g/mol. The van der Waals surface area contributed by atoms with Gasteiger partial charge in [-0.1, -0.05) is 0 Å². The van der Waals surface area contributed by atoms with Crippen LogP contribution in [0.2, 0.25) is 0 Å². The number of likely N-dealkylation sites (N-methyl/N-ethyl adjacent to an activating group) is 1. The summed E-state index contributed by atoms with van der Waals surface area (Å²) >= 11 is 1.72. The van der Waals surface area contributed by atoms with E-state index < -0.39 is 0 Å². The highest BCUT2D eigenvalue weighted by Crippen LogP contribution is 2.21. The number of nitrogens with one attached hydrogen (secondary N) is 1. The minimum Gasteiger partial charge on any atom is -0.359 e. The molecule has 0 amide bonds. The summed E-state index contributed by atoms with van der Waals surface area (Å²) < 4.78 is 0. The van der Waals surface area contributed by atoms with Gasteiger partial charge in [0.1, 0.15) is 17.8 Å². The van der Waals surface area contributed by atoms with Gasteiger partial charge in [0.2, 0.25) is 0 Å². The third kappa shape index (κ3) is 2.31. The van der Waals surface area contributed by atoms with Crippen LogP contribution in [0.3, 0.4) is 0 Å². The number of nitrogens with zero attached hydrogens (tertiary/aromatic N) is 4. The summed E-state index contributed by atoms with van der Waals surface area (Å²) in [6, 6.07) is 2.01. The lowest BCUT2D eigenvalue weighted by molar-refractivity contribution is 0.864. The molecule has 0 bridgehead atoms. The van der Waals surface area contributed by atoms with Crippen LogP contribution in [0.5, 0.6) is 0 Å². The maximum absolute atomic E-state index is 4.38. The van der Waals surface area contributed by atoms with Crippen molar-refractivity contribution >= 4 is 28.2 Å². The number of aryl methyl sites for hydroxylation is 1. The molecule has 0 saturated heterocycles. The lowest BCUT2D eigenvalue weighted by Crippen LogP contribution is -2.21. The third-order valence-electron chi connectivity index (χ3n) is 3.21. The van der Waals surface area contributed by atoms with Gasteiger partial charge in [0, 0.05) is 31.1 Å². The summed E-state index contributed by atoms with van der Waals surface area (Å²) in [6.07, 6.45) is 4.48. The van der Waals surface area contributed by atoms with E-state index in [0.717, 1.165) is 35.5 Å². The monoisotopic (exact) mass is 273 g/mol. The van der Waals surface area contributed by atoms with E-state index in [1.165, 1.54) is 4.88 Å². The maximum atomic E-state index is 4.38. The highest BCUT2D eigenvalue weighted by Gasteiger charge is 2.10. The van der Waals surface area contributed by atoms with Crippen molar-refractivity contribution in [1.82, 2.24) is 19.9 Å². The van der Waals surface area contributed by atoms with Crippen molar-refractivity contribution < 1.29 is 0 Å². The average Bonchev–Trinajstić information content (AvgIpc) is 3.04. The Bertz CT molecular complexity index is 687. The molecule has 0 fully saturated rings. The van der Waals surface area contributed by atoms with Crippen LogP contribution in [0.4, 0.5) is 5.82 Å². The second kappa shape index (κ2) is 4.97. The number of aromatic nitrogens is 4. The van der Waals surface area contributed by atoms with Crippen LogP contribution in [0.1, 0.15) is 10.6 Å². The van der Waals surface area contributed by atoms with Gasteiger partial charge in [-0.3, -0.25) is 0 Å². The normalized spacial score (nSPS) is 11.1. The molecule has 1 N–H and O–H groups in total. The van der Waals surface area contributed by atoms with Gasteiger partial charge in [-0.2, -0.15) is 0 Å². The molecule has 0 aliphatic carbocycles. The number of thiazole rings is 1. The minimum atomic E-state index is 0.880. The molecule has 0 saturated carbocycles. The quantitative estimate of drug-likeness (QED) is 0.793. The van der Waals surface area contributed by atoms with Crippen molar-refractivity contribution in [3.05, 3.63) is 34.7 Å². The van der Waals surface area contributed by atoms with Crippen molar-refractivity contribution in [1.29, 1.82) is 0 Å². The number of aromatic amines is 1. The molecule has 0 atom stereocenters.